The van der Waals surface area contributed by atoms with Crippen molar-refractivity contribution in [3.63, 3.8) is 0 Å². The van der Waals surface area contributed by atoms with Crippen molar-refractivity contribution in [3.8, 4) is 0 Å². The van der Waals surface area contributed by atoms with E-state index in [1.54, 1.807) is 92.8 Å². The van der Waals surface area contributed by atoms with Gasteiger partial charge in [-0.05, 0) is 29.5 Å². The van der Waals surface area contributed by atoms with Gasteiger partial charge >= 0.3 is 12.0 Å². The fraction of sp³-hybridized carbons (Fsp3) is 0.344. The van der Waals surface area contributed by atoms with Crippen molar-refractivity contribution in [2.75, 3.05) is 6.54 Å². The van der Waals surface area contributed by atoms with Crippen molar-refractivity contribution in [1.29, 1.82) is 0 Å². The van der Waals surface area contributed by atoms with Gasteiger partial charge in [-0.2, -0.15) is 8.78 Å². The van der Waals surface area contributed by atoms with E-state index in [-0.39, 0.29) is 13.0 Å². The molecule has 3 aromatic rings. The van der Waals surface area contributed by atoms with Gasteiger partial charge in [0.05, 0.1) is 12.0 Å². The van der Waals surface area contributed by atoms with Crippen molar-refractivity contribution in [3.05, 3.63) is 102 Å². The molecular formula is C32H36F2N4O5. The number of hydrogen-bond donors (Lipinski definition) is 3. The lowest BCUT2D eigenvalue weighted by atomic mass is 9.81. The number of nitrogens with one attached hydrogen (secondary N) is 2. The number of amides is 2. The Morgan fingerprint density at radius 1 is 0.930 bits per heavy atom. The summed E-state index contributed by atoms with van der Waals surface area (Å²) in [6.07, 6.45) is 0.937. The molecule has 0 aliphatic heterocycles. The van der Waals surface area contributed by atoms with E-state index in [2.05, 4.69) is 15.6 Å². The van der Waals surface area contributed by atoms with E-state index in [0.29, 0.717) is 16.7 Å². The van der Waals surface area contributed by atoms with Gasteiger partial charge in [0.25, 0.3) is 0 Å². The van der Waals surface area contributed by atoms with Crippen LogP contribution in [0.4, 0.5) is 13.6 Å². The van der Waals surface area contributed by atoms with Crippen LogP contribution < -0.4 is 16.4 Å². The molecule has 43 heavy (non-hydrogen) atoms. The van der Waals surface area contributed by atoms with E-state index in [9.17, 15) is 19.2 Å². The van der Waals surface area contributed by atoms with Gasteiger partial charge in [-0.25, -0.2) is 4.79 Å². The summed E-state index contributed by atoms with van der Waals surface area (Å²) < 4.78 is 36.0. The summed E-state index contributed by atoms with van der Waals surface area (Å²) in [6, 6.07) is 17.5. The Balaban J connectivity index is 1.72. The predicted molar refractivity (Wildman–Crippen MR) is 156 cm³/mol. The molecule has 0 aliphatic carbocycles. The average molecular weight is 595 g/mol. The molecule has 1 heterocycles. The van der Waals surface area contributed by atoms with Gasteiger partial charge < -0.3 is 21.1 Å². The highest BCUT2D eigenvalue weighted by Crippen LogP contribution is 2.32. The Morgan fingerprint density at radius 3 is 2.16 bits per heavy atom. The topological polar surface area (TPSA) is 140 Å². The first-order valence-corrected chi connectivity index (χ1v) is 13.9. The summed E-state index contributed by atoms with van der Waals surface area (Å²) in [5, 5.41) is 4.78. The molecular weight excluding hydrogens is 558 g/mol. The van der Waals surface area contributed by atoms with Crippen LogP contribution in [0.5, 0.6) is 0 Å². The zero-order valence-corrected chi connectivity index (χ0v) is 24.0. The Labute approximate surface area is 249 Å². The third-order valence-electron chi connectivity index (χ3n) is 6.78. The number of benzene rings is 2. The maximum Gasteiger partial charge on any atom is 0.407 e. The molecule has 2 aromatic carbocycles. The molecule has 9 nitrogen and oxygen atoms in total. The molecule has 3 rings (SSSR count). The number of pyridine rings is 1. The van der Waals surface area contributed by atoms with Crippen molar-refractivity contribution < 1.29 is 32.7 Å². The number of alkyl halides is 2. The number of alkyl carbamates (subject to hydrolysis) is 1. The van der Waals surface area contributed by atoms with Crippen LogP contribution in [-0.2, 0) is 32.1 Å². The molecule has 0 fully saturated rings. The van der Waals surface area contributed by atoms with E-state index in [1.807, 2.05) is 0 Å². The third kappa shape index (κ3) is 10.1. The summed E-state index contributed by atoms with van der Waals surface area (Å²) >= 11 is 0. The second-order valence-corrected chi connectivity index (χ2v) is 10.5. The number of ether oxygens (including phenoxy) is 1. The van der Waals surface area contributed by atoms with Crippen LogP contribution in [0.1, 0.15) is 43.0 Å². The minimum atomic E-state index is -3.92. The molecule has 0 aliphatic rings. The van der Waals surface area contributed by atoms with Crippen LogP contribution in [0, 0.1) is 11.8 Å². The molecule has 0 saturated heterocycles. The van der Waals surface area contributed by atoms with Gasteiger partial charge in [0.2, 0.25) is 11.7 Å². The summed E-state index contributed by atoms with van der Waals surface area (Å²) in [4.78, 5) is 55.8. The van der Waals surface area contributed by atoms with Crippen molar-refractivity contribution >= 4 is 23.6 Å². The van der Waals surface area contributed by atoms with Crippen LogP contribution in [0.3, 0.4) is 0 Å². The second kappa shape index (κ2) is 15.6. The molecule has 3 atom stereocenters. The molecule has 1 unspecified atom stereocenters. The molecule has 4 N–H and O–H groups in total. The van der Waals surface area contributed by atoms with Crippen molar-refractivity contribution in [2.24, 2.45) is 17.6 Å². The number of nitrogens with zero attached hydrogens (tertiary/aromatic N) is 1. The predicted octanol–water partition coefficient (Wildman–Crippen LogP) is 4.17. The van der Waals surface area contributed by atoms with Gasteiger partial charge in [0.15, 0.2) is 5.78 Å². The third-order valence-corrected chi connectivity index (χ3v) is 6.78. The molecule has 228 valence electrons. The van der Waals surface area contributed by atoms with Crippen LogP contribution in [-0.4, -0.2) is 47.1 Å². The van der Waals surface area contributed by atoms with Crippen LogP contribution in [0.25, 0.3) is 0 Å². The van der Waals surface area contributed by atoms with Gasteiger partial charge in [-0.15, -0.1) is 0 Å². The summed E-state index contributed by atoms with van der Waals surface area (Å²) in [6.45, 7) is 2.62. The molecule has 0 spiro atoms. The number of aromatic nitrogens is 1. The maximum atomic E-state index is 15.5. The lowest BCUT2D eigenvalue weighted by Gasteiger charge is -2.28. The standard InChI is InChI=1S/C32H36F2N4O5/c1-21(2)28(38-27(39)19-37-31(42)43-20-23-12-9-15-36-18-23)29(40)25(16-22-10-5-3-6-11-22)30(41)32(33,34)17-26(35)24-13-7-4-8-14-24/h3-15,18,21,25-26,28H,16-17,19-20,35H2,1-2H3,(H,37,42)(H,38,39)/t25-,26?,28-/m0/s1. The molecule has 1 aromatic heterocycles. The lowest BCUT2D eigenvalue weighted by Crippen LogP contribution is -2.53. The first-order valence-electron chi connectivity index (χ1n) is 13.9. The van der Waals surface area contributed by atoms with E-state index >= 15 is 8.78 Å². The SMILES string of the molecule is CC(C)[C@H](NC(=O)CNC(=O)OCc1cccnc1)C(=O)[C@H](Cc1ccccc1)C(=O)C(F)(F)CC(N)c1ccccc1. The number of nitrogens with two attached hydrogens (primary N) is 1. The summed E-state index contributed by atoms with van der Waals surface area (Å²) in [5.41, 5.74) is 7.59. The number of carbonyl (C=O) groups is 4. The first-order chi connectivity index (χ1) is 20.5. The minimum Gasteiger partial charge on any atom is -0.445 e. The fourth-order valence-corrected chi connectivity index (χ4v) is 4.47. The number of rotatable bonds is 15. The second-order valence-electron chi connectivity index (χ2n) is 10.5. The monoisotopic (exact) mass is 594 g/mol. The minimum absolute atomic E-state index is 0.0696. The zero-order valence-electron chi connectivity index (χ0n) is 24.0. The Bertz CT molecular complexity index is 1360. The zero-order chi connectivity index (χ0) is 31.4. The van der Waals surface area contributed by atoms with E-state index < -0.39 is 66.4 Å². The molecule has 0 saturated carbocycles. The Morgan fingerprint density at radius 2 is 1.56 bits per heavy atom. The van der Waals surface area contributed by atoms with E-state index in [4.69, 9.17) is 10.5 Å². The maximum absolute atomic E-state index is 15.5. The molecule has 11 heteroatoms. The van der Waals surface area contributed by atoms with Crippen LogP contribution >= 0.6 is 0 Å². The normalized spacial score (nSPS) is 13.4. The summed E-state index contributed by atoms with van der Waals surface area (Å²) in [5.74, 6) is -9.41. The number of hydrogen-bond acceptors (Lipinski definition) is 7. The smallest absolute Gasteiger partial charge is 0.407 e. The Kier molecular flexibility index (Phi) is 12.0. The number of carbonyl (C=O) groups excluding carboxylic acids is 4. The highest BCUT2D eigenvalue weighted by atomic mass is 19.3. The van der Waals surface area contributed by atoms with Crippen molar-refractivity contribution in [2.45, 2.75) is 51.3 Å². The first kappa shape index (κ1) is 33.0. The quantitative estimate of drug-likeness (QED) is 0.224. The largest absolute Gasteiger partial charge is 0.445 e. The number of Topliss-reactive ketones (excluding diaryl/α,β-unsaturated/α-hetero) is 2. The number of ketones is 2. The Hall–Kier alpha value is -4.51. The van der Waals surface area contributed by atoms with Crippen LogP contribution in [0.15, 0.2) is 85.2 Å². The van der Waals surface area contributed by atoms with E-state index in [1.165, 1.54) is 6.20 Å². The van der Waals surface area contributed by atoms with Gasteiger partial charge in [0.1, 0.15) is 13.2 Å². The molecule has 0 radical (unpaired) electrons. The van der Waals surface area contributed by atoms with Crippen LogP contribution in [0.2, 0.25) is 0 Å². The highest BCUT2D eigenvalue weighted by molar-refractivity contribution is 6.08. The molecule has 0 bridgehead atoms. The fourth-order valence-electron chi connectivity index (χ4n) is 4.47. The van der Waals surface area contributed by atoms with Gasteiger partial charge in [0, 0.05) is 30.4 Å². The average Bonchev–Trinajstić information content (AvgIpc) is 3.00. The summed E-state index contributed by atoms with van der Waals surface area (Å²) in [7, 11) is 0. The highest BCUT2D eigenvalue weighted by Gasteiger charge is 2.48. The number of halogens is 2. The van der Waals surface area contributed by atoms with Gasteiger partial charge in [-0.1, -0.05) is 80.6 Å². The van der Waals surface area contributed by atoms with E-state index in [0.717, 1.165) is 0 Å². The van der Waals surface area contributed by atoms with Gasteiger partial charge in [-0.3, -0.25) is 19.4 Å². The lowest BCUT2D eigenvalue weighted by molar-refractivity contribution is -0.153. The molecule has 2 amide bonds. The van der Waals surface area contributed by atoms with Crippen molar-refractivity contribution in [1.82, 2.24) is 15.6 Å².